The fourth-order valence-corrected chi connectivity index (χ4v) is 4.48. The molecule has 0 radical (unpaired) electrons. The summed E-state index contributed by atoms with van der Waals surface area (Å²) in [4.78, 5) is 28.1. The van der Waals surface area contributed by atoms with Crippen molar-refractivity contribution in [2.75, 3.05) is 26.8 Å². The minimum Gasteiger partial charge on any atom is -0.497 e. The van der Waals surface area contributed by atoms with E-state index in [0.29, 0.717) is 59.5 Å². The summed E-state index contributed by atoms with van der Waals surface area (Å²) in [5, 5.41) is 11.8. The van der Waals surface area contributed by atoms with Gasteiger partial charge in [-0.1, -0.05) is 22.9 Å². The quantitative estimate of drug-likeness (QED) is 0.563. The molecule has 2 aliphatic heterocycles. The molecule has 188 valence electrons. The first kappa shape index (κ1) is 24.1. The molecule has 0 spiro atoms. The molecule has 4 bridgehead atoms. The van der Waals surface area contributed by atoms with Crippen LogP contribution in [0.3, 0.4) is 0 Å². The van der Waals surface area contributed by atoms with E-state index >= 15 is 0 Å². The molecule has 1 fully saturated rings. The van der Waals surface area contributed by atoms with Crippen LogP contribution >= 0.6 is 11.6 Å². The van der Waals surface area contributed by atoms with Crippen LogP contribution in [-0.4, -0.2) is 70.7 Å². The van der Waals surface area contributed by atoms with E-state index in [9.17, 15) is 9.59 Å². The molecular weight excluding hydrogens is 486 g/mol. The summed E-state index contributed by atoms with van der Waals surface area (Å²) in [5.74, 6) is 0.561. The van der Waals surface area contributed by atoms with Crippen molar-refractivity contribution in [2.45, 2.75) is 31.7 Å². The van der Waals surface area contributed by atoms with Crippen molar-refractivity contribution in [2.24, 2.45) is 0 Å². The first-order valence-corrected chi connectivity index (χ1v) is 12.0. The van der Waals surface area contributed by atoms with Crippen molar-refractivity contribution in [1.82, 2.24) is 25.2 Å². The number of hydrogen-bond acceptors (Lipinski definition) is 7. The Balaban J connectivity index is 1.40. The van der Waals surface area contributed by atoms with Crippen LogP contribution in [0.15, 0.2) is 48.7 Å². The van der Waals surface area contributed by atoms with Crippen LogP contribution < -0.4 is 14.8 Å². The van der Waals surface area contributed by atoms with Gasteiger partial charge < -0.3 is 24.4 Å². The minimum atomic E-state index is -0.440. The summed E-state index contributed by atoms with van der Waals surface area (Å²) in [6.07, 6.45) is 2.06. The van der Waals surface area contributed by atoms with Gasteiger partial charge in [-0.25, -0.2) is 0 Å². The summed E-state index contributed by atoms with van der Waals surface area (Å²) in [7, 11) is 1.55. The molecule has 2 aromatic carbocycles. The SMILES string of the molecule is COc1cccc(C(=O)N2C[C@@H]3NC(=O)c4ccc(Cl)c(c4)OCCCn4cc(nn4)CO[C@H]3C2)c1. The minimum absolute atomic E-state index is 0.168. The zero-order valence-electron chi connectivity index (χ0n) is 19.7. The summed E-state index contributed by atoms with van der Waals surface area (Å²) in [6.45, 7) is 1.82. The van der Waals surface area contributed by atoms with E-state index in [1.54, 1.807) is 59.2 Å². The summed E-state index contributed by atoms with van der Waals surface area (Å²) >= 11 is 6.28. The molecule has 36 heavy (non-hydrogen) atoms. The number of nitrogens with zero attached hydrogens (tertiary/aromatic N) is 4. The molecule has 5 rings (SSSR count). The number of likely N-dealkylation sites (tertiary alicyclic amines) is 1. The second kappa shape index (κ2) is 10.5. The molecule has 11 heteroatoms. The number of ether oxygens (including phenoxy) is 3. The Hall–Kier alpha value is -3.63. The predicted octanol–water partition coefficient (Wildman–Crippen LogP) is 2.56. The Morgan fingerprint density at radius 2 is 2.11 bits per heavy atom. The maximum Gasteiger partial charge on any atom is 0.254 e. The van der Waals surface area contributed by atoms with Gasteiger partial charge in [-0.15, -0.1) is 5.10 Å². The first-order valence-electron chi connectivity index (χ1n) is 11.7. The van der Waals surface area contributed by atoms with Gasteiger partial charge in [0.1, 0.15) is 17.2 Å². The van der Waals surface area contributed by atoms with Gasteiger partial charge in [-0.05, 0) is 36.4 Å². The maximum atomic E-state index is 13.3. The third-order valence-electron chi connectivity index (χ3n) is 6.20. The van der Waals surface area contributed by atoms with E-state index in [-0.39, 0.29) is 25.0 Å². The summed E-state index contributed by atoms with van der Waals surface area (Å²) in [5.41, 5.74) is 1.58. The molecule has 2 atom stereocenters. The van der Waals surface area contributed by atoms with Gasteiger partial charge in [0.15, 0.2) is 0 Å². The number of benzene rings is 2. The lowest BCUT2D eigenvalue weighted by atomic mass is 10.1. The van der Waals surface area contributed by atoms with Crippen molar-refractivity contribution >= 4 is 23.4 Å². The molecular formula is C25H26ClN5O5. The highest BCUT2D eigenvalue weighted by Crippen LogP contribution is 2.27. The number of methoxy groups -OCH3 is 1. The molecule has 10 nitrogen and oxygen atoms in total. The lowest BCUT2D eigenvalue weighted by Gasteiger charge is -2.20. The number of halogens is 1. The highest BCUT2D eigenvalue weighted by atomic mass is 35.5. The van der Waals surface area contributed by atoms with E-state index in [1.807, 2.05) is 6.20 Å². The van der Waals surface area contributed by atoms with Crippen molar-refractivity contribution in [1.29, 1.82) is 0 Å². The molecule has 2 aliphatic rings. The highest BCUT2D eigenvalue weighted by molar-refractivity contribution is 6.32. The van der Waals surface area contributed by atoms with Crippen LogP contribution in [0.1, 0.15) is 32.8 Å². The van der Waals surface area contributed by atoms with Gasteiger partial charge in [-0.2, -0.15) is 0 Å². The van der Waals surface area contributed by atoms with Gasteiger partial charge in [0.05, 0.1) is 43.7 Å². The number of rotatable bonds is 2. The van der Waals surface area contributed by atoms with Crippen molar-refractivity contribution in [3.8, 4) is 11.5 Å². The van der Waals surface area contributed by atoms with Gasteiger partial charge >= 0.3 is 0 Å². The molecule has 1 saturated heterocycles. The topological polar surface area (TPSA) is 108 Å². The third kappa shape index (κ3) is 5.29. The molecule has 2 amide bonds. The lowest BCUT2D eigenvalue weighted by Crippen LogP contribution is -2.44. The molecule has 1 aromatic heterocycles. The summed E-state index contributed by atoms with van der Waals surface area (Å²) in [6, 6.07) is 11.5. The number of aromatic nitrogens is 3. The zero-order chi connectivity index (χ0) is 25.1. The van der Waals surface area contributed by atoms with Crippen LogP contribution in [0.2, 0.25) is 5.02 Å². The lowest BCUT2D eigenvalue weighted by molar-refractivity contribution is 0.0291. The number of fused-ring (bicyclic) bond motifs is 5. The van der Waals surface area contributed by atoms with Gasteiger partial charge in [0.2, 0.25) is 0 Å². The normalized spacial score (nSPS) is 20.3. The van der Waals surface area contributed by atoms with E-state index in [1.165, 1.54) is 0 Å². The second-order valence-corrected chi connectivity index (χ2v) is 9.10. The third-order valence-corrected chi connectivity index (χ3v) is 6.51. The van der Waals surface area contributed by atoms with Crippen LogP contribution in [0, 0.1) is 0 Å². The predicted molar refractivity (Wildman–Crippen MR) is 130 cm³/mol. The van der Waals surface area contributed by atoms with E-state index < -0.39 is 12.1 Å². The Morgan fingerprint density at radius 3 is 2.97 bits per heavy atom. The molecule has 0 unspecified atom stereocenters. The molecule has 3 heterocycles. The van der Waals surface area contributed by atoms with Crippen LogP contribution in [0.25, 0.3) is 0 Å². The Bertz CT molecular complexity index is 1270. The van der Waals surface area contributed by atoms with Gasteiger partial charge in [0, 0.05) is 37.2 Å². The molecule has 1 N–H and O–H groups in total. The van der Waals surface area contributed by atoms with Gasteiger partial charge in [0.25, 0.3) is 11.8 Å². The Labute approximate surface area is 213 Å². The zero-order valence-corrected chi connectivity index (χ0v) is 20.5. The molecule has 3 aromatic rings. The Morgan fingerprint density at radius 1 is 1.22 bits per heavy atom. The molecule has 0 aliphatic carbocycles. The average Bonchev–Trinajstić information content (AvgIpc) is 3.52. The van der Waals surface area contributed by atoms with Crippen molar-refractivity contribution in [3.63, 3.8) is 0 Å². The number of nitrogens with one attached hydrogen (secondary N) is 1. The number of hydrogen-bond donors (Lipinski definition) is 1. The highest BCUT2D eigenvalue weighted by Gasteiger charge is 2.38. The fraction of sp³-hybridized carbons (Fsp3) is 0.360. The average molecular weight is 512 g/mol. The number of aryl methyl sites for hydroxylation is 1. The second-order valence-electron chi connectivity index (χ2n) is 8.69. The number of carbonyl (C=O) groups is 2. The van der Waals surface area contributed by atoms with E-state index in [4.69, 9.17) is 25.8 Å². The fourth-order valence-electron chi connectivity index (χ4n) is 4.31. The number of carbonyl (C=O) groups excluding carboxylic acids is 2. The Kier molecular flexibility index (Phi) is 7.06. The molecule has 0 saturated carbocycles. The van der Waals surface area contributed by atoms with Crippen LogP contribution in [0.5, 0.6) is 11.5 Å². The largest absolute Gasteiger partial charge is 0.497 e. The van der Waals surface area contributed by atoms with Gasteiger partial charge in [-0.3, -0.25) is 14.3 Å². The van der Waals surface area contributed by atoms with Crippen molar-refractivity contribution in [3.05, 3.63) is 70.5 Å². The van der Waals surface area contributed by atoms with E-state index in [0.717, 1.165) is 0 Å². The monoisotopic (exact) mass is 511 g/mol. The summed E-state index contributed by atoms with van der Waals surface area (Å²) < 4.78 is 19.0. The standard InChI is InChI=1S/C25H26ClN5O5/c1-34-19-5-2-4-17(10-19)25(33)30-13-21-23(14-30)36-15-18-12-31(29-28-18)8-3-9-35-22-11-16(24(32)27-21)6-7-20(22)26/h2,4-7,10-12,21,23H,3,8-9,13-15H2,1H3,(H,27,32)/t21-,23-/m0/s1. The maximum absolute atomic E-state index is 13.3. The van der Waals surface area contributed by atoms with Crippen molar-refractivity contribution < 1.29 is 23.8 Å². The number of amides is 2. The van der Waals surface area contributed by atoms with E-state index in [2.05, 4.69) is 15.6 Å². The van der Waals surface area contributed by atoms with Crippen LogP contribution in [0.4, 0.5) is 0 Å². The first-order chi connectivity index (χ1) is 17.5. The van der Waals surface area contributed by atoms with Crippen LogP contribution in [-0.2, 0) is 17.9 Å². The smallest absolute Gasteiger partial charge is 0.254 e.